The van der Waals surface area contributed by atoms with Gasteiger partial charge in [-0.3, -0.25) is 9.48 Å². The Labute approximate surface area is 139 Å². The third-order valence-corrected chi connectivity index (χ3v) is 4.05. The molecule has 1 aliphatic rings. The van der Waals surface area contributed by atoms with Gasteiger partial charge in [0.2, 0.25) is 5.91 Å². The summed E-state index contributed by atoms with van der Waals surface area (Å²) in [6.07, 6.45) is 2.83. The molecule has 7 nitrogen and oxygen atoms in total. The molecule has 0 bridgehead atoms. The molecule has 0 unspecified atom stereocenters. The monoisotopic (exact) mass is 329 g/mol. The van der Waals surface area contributed by atoms with E-state index in [0.717, 1.165) is 11.1 Å². The Morgan fingerprint density at radius 3 is 2.62 bits per heavy atom. The molecular formula is C17H19N3O4. The van der Waals surface area contributed by atoms with E-state index in [1.165, 1.54) is 0 Å². The summed E-state index contributed by atoms with van der Waals surface area (Å²) in [6, 6.07) is 9.67. The lowest BCUT2D eigenvalue weighted by Crippen LogP contribution is -2.35. The number of aromatic nitrogens is 2. The van der Waals surface area contributed by atoms with Gasteiger partial charge in [-0.25, -0.2) is 4.79 Å². The maximum atomic E-state index is 12.2. The Balaban J connectivity index is 1.59. The summed E-state index contributed by atoms with van der Waals surface area (Å²) in [5.41, 5.74) is 2.06. The van der Waals surface area contributed by atoms with Crippen molar-refractivity contribution in [3.8, 4) is 0 Å². The highest BCUT2D eigenvalue weighted by molar-refractivity contribution is 5.82. The molecule has 126 valence electrons. The minimum absolute atomic E-state index is 0.271. The van der Waals surface area contributed by atoms with Gasteiger partial charge in [0.1, 0.15) is 6.10 Å². The number of nitrogens with one attached hydrogen (secondary N) is 1. The van der Waals surface area contributed by atoms with Crippen molar-refractivity contribution in [2.45, 2.75) is 38.1 Å². The lowest BCUT2D eigenvalue weighted by molar-refractivity contribution is -0.151. The van der Waals surface area contributed by atoms with E-state index < -0.39 is 18.2 Å². The number of carbonyl (C=O) groups excluding carboxylic acids is 1. The number of aliphatic carboxylic acids is 1. The number of rotatable bonds is 6. The first-order chi connectivity index (χ1) is 11.6. The molecule has 1 fully saturated rings. The number of nitrogens with zero attached hydrogens (tertiary/aromatic N) is 2. The molecule has 1 aromatic carbocycles. The zero-order chi connectivity index (χ0) is 16.9. The number of carboxylic acid groups (broad SMARTS) is 1. The maximum absolute atomic E-state index is 12.2. The van der Waals surface area contributed by atoms with Crippen LogP contribution in [0.3, 0.4) is 0 Å². The molecule has 3 rings (SSSR count). The fourth-order valence-electron chi connectivity index (χ4n) is 2.76. The molecule has 2 atom stereocenters. The van der Waals surface area contributed by atoms with Crippen molar-refractivity contribution in [2.75, 3.05) is 0 Å². The predicted octanol–water partition coefficient (Wildman–Crippen LogP) is 1.18. The Morgan fingerprint density at radius 2 is 1.96 bits per heavy atom. The van der Waals surface area contributed by atoms with Crippen LogP contribution in [-0.4, -0.2) is 39.0 Å². The Bertz CT molecular complexity index is 714. The zero-order valence-electron chi connectivity index (χ0n) is 13.1. The normalized spacial score (nSPS) is 20.0. The van der Waals surface area contributed by atoms with Crippen LogP contribution in [0.25, 0.3) is 0 Å². The second kappa shape index (κ2) is 7.27. The second-order valence-corrected chi connectivity index (χ2v) is 5.72. The predicted molar refractivity (Wildman–Crippen MR) is 85.1 cm³/mol. The average molecular weight is 329 g/mol. The molecule has 1 amide bonds. The van der Waals surface area contributed by atoms with Crippen molar-refractivity contribution in [3.63, 3.8) is 0 Å². The Kier molecular flexibility index (Phi) is 4.90. The van der Waals surface area contributed by atoms with Crippen LogP contribution in [0, 0.1) is 0 Å². The van der Waals surface area contributed by atoms with Crippen molar-refractivity contribution in [3.05, 3.63) is 53.9 Å². The first kappa shape index (κ1) is 16.2. The number of hydrogen-bond acceptors (Lipinski definition) is 4. The molecule has 0 spiro atoms. The molecule has 7 heteroatoms. The quantitative estimate of drug-likeness (QED) is 0.830. The third-order valence-electron chi connectivity index (χ3n) is 4.05. The zero-order valence-corrected chi connectivity index (χ0v) is 13.1. The standard InChI is InChI=1S/C17H19N3O4/c21-16(14-6-7-15(24-14)17(22)23)18-10-12-4-1-2-5-13(12)11-20-9-3-8-19-20/h1-5,8-9,14-15H,6-7,10-11H2,(H,18,21)(H,22,23)/t14-,15+/m1/s1. The van der Waals surface area contributed by atoms with Crippen LogP contribution in [0.2, 0.25) is 0 Å². The van der Waals surface area contributed by atoms with Crippen molar-refractivity contribution in [1.82, 2.24) is 15.1 Å². The Hall–Kier alpha value is -2.67. The minimum Gasteiger partial charge on any atom is -0.479 e. The number of hydrogen-bond donors (Lipinski definition) is 2. The van der Waals surface area contributed by atoms with Crippen LogP contribution in [0.1, 0.15) is 24.0 Å². The van der Waals surface area contributed by atoms with Crippen LogP contribution in [-0.2, 0) is 27.4 Å². The smallest absolute Gasteiger partial charge is 0.332 e. The molecular weight excluding hydrogens is 310 g/mol. The van der Waals surface area contributed by atoms with Gasteiger partial charge in [0.15, 0.2) is 6.10 Å². The molecule has 2 aromatic rings. The number of benzene rings is 1. The summed E-state index contributed by atoms with van der Waals surface area (Å²) in [6.45, 7) is 0.994. The van der Waals surface area contributed by atoms with E-state index in [0.29, 0.717) is 25.9 Å². The third kappa shape index (κ3) is 3.80. The van der Waals surface area contributed by atoms with Crippen LogP contribution < -0.4 is 5.32 Å². The SMILES string of the molecule is O=C(O)[C@@H]1CC[C@H](C(=O)NCc2ccccc2Cn2cccn2)O1. The highest BCUT2D eigenvalue weighted by Crippen LogP contribution is 2.20. The topological polar surface area (TPSA) is 93.4 Å². The van der Waals surface area contributed by atoms with Gasteiger partial charge in [-0.15, -0.1) is 0 Å². The van der Waals surface area contributed by atoms with E-state index in [1.807, 2.05) is 41.2 Å². The van der Waals surface area contributed by atoms with E-state index >= 15 is 0 Å². The van der Waals surface area contributed by atoms with Gasteiger partial charge < -0.3 is 15.2 Å². The summed E-state index contributed by atoms with van der Waals surface area (Å²) in [5, 5.41) is 15.9. The second-order valence-electron chi connectivity index (χ2n) is 5.72. The van der Waals surface area contributed by atoms with Crippen LogP contribution >= 0.6 is 0 Å². The summed E-state index contributed by atoms with van der Waals surface area (Å²) in [4.78, 5) is 23.0. The van der Waals surface area contributed by atoms with Gasteiger partial charge in [0, 0.05) is 18.9 Å². The van der Waals surface area contributed by atoms with Gasteiger partial charge in [-0.1, -0.05) is 24.3 Å². The molecule has 1 aliphatic heterocycles. The molecule has 2 N–H and O–H groups in total. The largest absolute Gasteiger partial charge is 0.479 e. The van der Waals surface area contributed by atoms with Gasteiger partial charge in [0.25, 0.3) is 0 Å². The van der Waals surface area contributed by atoms with Gasteiger partial charge in [-0.05, 0) is 30.0 Å². The maximum Gasteiger partial charge on any atom is 0.332 e. The van der Waals surface area contributed by atoms with Crippen molar-refractivity contribution in [2.24, 2.45) is 0 Å². The number of carbonyl (C=O) groups is 2. The molecule has 0 radical (unpaired) electrons. The van der Waals surface area contributed by atoms with Crippen LogP contribution in [0.15, 0.2) is 42.7 Å². The van der Waals surface area contributed by atoms with Crippen molar-refractivity contribution in [1.29, 1.82) is 0 Å². The lowest BCUT2D eigenvalue weighted by Gasteiger charge is -2.14. The first-order valence-electron chi connectivity index (χ1n) is 7.83. The fraction of sp³-hybridized carbons (Fsp3) is 0.353. The average Bonchev–Trinajstić information content (AvgIpc) is 3.25. The van der Waals surface area contributed by atoms with Crippen LogP contribution in [0.4, 0.5) is 0 Å². The molecule has 1 aromatic heterocycles. The highest BCUT2D eigenvalue weighted by atomic mass is 16.5. The number of ether oxygens (including phenoxy) is 1. The van der Waals surface area contributed by atoms with E-state index in [2.05, 4.69) is 10.4 Å². The van der Waals surface area contributed by atoms with E-state index in [4.69, 9.17) is 9.84 Å². The fourth-order valence-corrected chi connectivity index (χ4v) is 2.76. The number of amides is 1. The minimum atomic E-state index is -1.02. The molecule has 0 aliphatic carbocycles. The van der Waals surface area contributed by atoms with E-state index in [9.17, 15) is 9.59 Å². The van der Waals surface area contributed by atoms with Crippen molar-refractivity contribution < 1.29 is 19.4 Å². The molecule has 24 heavy (non-hydrogen) atoms. The summed E-state index contributed by atoms with van der Waals surface area (Å²) < 4.78 is 7.08. The van der Waals surface area contributed by atoms with E-state index in [1.54, 1.807) is 6.20 Å². The first-order valence-corrected chi connectivity index (χ1v) is 7.83. The lowest BCUT2D eigenvalue weighted by atomic mass is 10.1. The van der Waals surface area contributed by atoms with Crippen molar-refractivity contribution >= 4 is 11.9 Å². The van der Waals surface area contributed by atoms with Gasteiger partial charge >= 0.3 is 5.97 Å². The number of carboxylic acids is 1. The summed E-state index contributed by atoms with van der Waals surface area (Å²) >= 11 is 0. The molecule has 2 heterocycles. The van der Waals surface area contributed by atoms with Crippen LogP contribution in [0.5, 0.6) is 0 Å². The van der Waals surface area contributed by atoms with E-state index in [-0.39, 0.29) is 5.91 Å². The van der Waals surface area contributed by atoms with Gasteiger partial charge in [-0.2, -0.15) is 5.10 Å². The summed E-state index contributed by atoms with van der Waals surface area (Å²) in [5.74, 6) is -1.29. The molecule has 0 saturated carbocycles. The summed E-state index contributed by atoms with van der Waals surface area (Å²) in [7, 11) is 0. The van der Waals surface area contributed by atoms with Gasteiger partial charge in [0.05, 0.1) is 6.54 Å². The highest BCUT2D eigenvalue weighted by Gasteiger charge is 2.34. The molecule has 1 saturated heterocycles. The Morgan fingerprint density at radius 1 is 1.21 bits per heavy atom.